The number of aryl methyl sites for hydroxylation is 1. The van der Waals surface area contributed by atoms with Crippen molar-refractivity contribution >= 4 is 0 Å². The second-order valence-corrected chi connectivity index (χ2v) is 6.21. The first-order valence-corrected chi connectivity index (χ1v) is 8.25. The molecule has 3 aromatic heterocycles. The SMILES string of the molecule is Cc1ncn2c1Cn1nc(Cc3cccnc3)nc1-c1ccccc1-2. The average molecular weight is 328 g/mol. The molecule has 0 saturated heterocycles. The van der Waals surface area contributed by atoms with Crippen molar-refractivity contribution in [1.82, 2.24) is 29.3 Å². The van der Waals surface area contributed by atoms with Crippen molar-refractivity contribution in [1.29, 1.82) is 0 Å². The van der Waals surface area contributed by atoms with Gasteiger partial charge >= 0.3 is 0 Å². The Morgan fingerprint density at radius 1 is 1.12 bits per heavy atom. The van der Waals surface area contributed by atoms with Gasteiger partial charge in [-0.15, -0.1) is 0 Å². The van der Waals surface area contributed by atoms with Gasteiger partial charge in [-0.3, -0.25) is 4.98 Å². The van der Waals surface area contributed by atoms with Gasteiger partial charge in [0.2, 0.25) is 0 Å². The molecule has 0 N–H and O–H groups in total. The van der Waals surface area contributed by atoms with E-state index in [1.54, 1.807) is 6.20 Å². The van der Waals surface area contributed by atoms with Crippen LogP contribution >= 0.6 is 0 Å². The van der Waals surface area contributed by atoms with Crippen molar-refractivity contribution in [2.24, 2.45) is 0 Å². The molecule has 0 bridgehead atoms. The summed E-state index contributed by atoms with van der Waals surface area (Å²) in [6.45, 7) is 2.70. The number of benzene rings is 1. The zero-order valence-corrected chi connectivity index (χ0v) is 13.8. The van der Waals surface area contributed by atoms with Crippen LogP contribution in [-0.4, -0.2) is 29.3 Å². The number of hydrogen-bond acceptors (Lipinski definition) is 4. The Kier molecular flexibility index (Phi) is 3.03. The summed E-state index contributed by atoms with van der Waals surface area (Å²) in [5, 5.41) is 4.76. The highest BCUT2D eigenvalue weighted by molar-refractivity contribution is 5.69. The summed E-state index contributed by atoms with van der Waals surface area (Å²) in [5.74, 6) is 1.71. The predicted octanol–water partition coefficient (Wildman–Crippen LogP) is 2.79. The van der Waals surface area contributed by atoms with Crippen molar-refractivity contribution < 1.29 is 0 Å². The van der Waals surface area contributed by atoms with E-state index in [1.165, 1.54) is 0 Å². The zero-order valence-electron chi connectivity index (χ0n) is 13.8. The monoisotopic (exact) mass is 328 g/mol. The van der Waals surface area contributed by atoms with E-state index in [0.29, 0.717) is 13.0 Å². The van der Waals surface area contributed by atoms with Crippen LogP contribution in [0.5, 0.6) is 0 Å². The molecular formula is C19H16N6. The smallest absolute Gasteiger partial charge is 0.160 e. The third kappa shape index (κ3) is 2.26. The molecule has 122 valence electrons. The van der Waals surface area contributed by atoms with Crippen molar-refractivity contribution in [2.75, 3.05) is 0 Å². The molecule has 6 nitrogen and oxygen atoms in total. The molecule has 5 rings (SSSR count). The van der Waals surface area contributed by atoms with Crippen LogP contribution < -0.4 is 0 Å². The second kappa shape index (κ2) is 5.37. The van der Waals surface area contributed by atoms with E-state index in [-0.39, 0.29) is 0 Å². The average Bonchev–Trinajstić information content (AvgIpc) is 3.17. The number of nitrogens with zero attached hydrogens (tertiary/aromatic N) is 6. The van der Waals surface area contributed by atoms with Gasteiger partial charge in [0, 0.05) is 24.4 Å². The minimum absolute atomic E-state index is 0.663. The summed E-state index contributed by atoms with van der Waals surface area (Å²) >= 11 is 0. The number of hydrogen-bond donors (Lipinski definition) is 0. The Morgan fingerprint density at radius 2 is 2.04 bits per heavy atom. The maximum absolute atomic E-state index is 4.83. The van der Waals surface area contributed by atoms with Crippen LogP contribution in [0.15, 0.2) is 55.1 Å². The van der Waals surface area contributed by atoms with E-state index >= 15 is 0 Å². The van der Waals surface area contributed by atoms with Gasteiger partial charge in [0.25, 0.3) is 0 Å². The van der Waals surface area contributed by atoms with Crippen LogP contribution in [0.2, 0.25) is 0 Å². The Bertz CT molecular complexity index is 1060. The number of rotatable bonds is 2. The van der Waals surface area contributed by atoms with Crippen molar-refractivity contribution in [3.8, 4) is 17.1 Å². The van der Waals surface area contributed by atoms with Crippen LogP contribution in [0, 0.1) is 6.92 Å². The molecule has 1 aliphatic heterocycles. The highest BCUT2D eigenvalue weighted by Gasteiger charge is 2.23. The van der Waals surface area contributed by atoms with Gasteiger partial charge in [0.05, 0.1) is 29.9 Å². The largest absolute Gasteiger partial charge is 0.300 e. The van der Waals surface area contributed by atoms with Gasteiger partial charge in [0.1, 0.15) is 0 Å². The number of aromatic nitrogens is 6. The Balaban J connectivity index is 1.66. The van der Waals surface area contributed by atoms with Crippen LogP contribution in [0.4, 0.5) is 0 Å². The molecule has 0 aliphatic carbocycles. The fourth-order valence-electron chi connectivity index (χ4n) is 3.33. The highest BCUT2D eigenvalue weighted by Crippen LogP contribution is 2.31. The first-order valence-electron chi connectivity index (χ1n) is 8.25. The van der Waals surface area contributed by atoms with Gasteiger partial charge in [-0.1, -0.05) is 18.2 Å². The standard InChI is InChI=1S/C19H16N6/c1-13-17-11-25-19(15-6-2-3-7-16(15)24(17)12-21-13)22-18(23-25)9-14-5-4-8-20-10-14/h2-8,10,12H,9,11H2,1H3. The Labute approximate surface area is 144 Å². The number of imidazole rings is 1. The minimum atomic E-state index is 0.663. The maximum atomic E-state index is 4.83. The first kappa shape index (κ1) is 14.1. The quantitative estimate of drug-likeness (QED) is 0.500. The molecule has 0 radical (unpaired) electrons. The molecule has 0 unspecified atom stereocenters. The zero-order chi connectivity index (χ0) is 16.8. The molecule has 0 atom stereocenters. The summed E-state index contributed by atoms with van der Waals surface area (Å²) in [6.07, 6.45) is 6.19. The van der Waals surface area contributed by atoms with Crippen LogP contribution in [-0.2, 0) is 13.0 Å². The molecule has 0 spiro atoms. The van der Waals surface area contributed by atoms with Gasteiger partial charge in [-0.2, -0.15) is 5.10 Å². The second-order valence-electron chi connectivity index (χ2n) is 6.21. The summed E-state index contributed by atoms with van der Waals surface area (Å²) in [4.78, 5) is 13.5. The van der Waals surface area contributed by atoms with Crippen molar-refractivity contribution in [3.05, 3.63) is 77.9 Å². The summed E-state index contributed by atoms with van der Waals surface area (Å²) < 4.78 is 4.12. The minimum Gasteiger partial charge on any atom is -0.300 e. The lowest BCUT2D eigenvalue weighted by Crippen LogP contribution is -2.06. The molecule has 4 heterocycles. The molecule has 25 heavy (non-hydrogen) atoms. The van der Waals surface area contributed by atoms with E-state index in [4.69, 9.17) is 10.1 Å². The molecule has 0 amide bonds. The molecule has 4 aromatic rings. The van der Waals surface area contributed by atoms with Crippen LogP contribution in [0.25, 0.3) is 17.1 Å². The topological polar surface area (TPSA) is 61.4 Å². The Hall–Kier alpha value is -3.28. The fourth-order valence-corrected chi connectivity index (χ4v) is 3.33. The van der Waals surface area contributed by atoms with E-state index in [0.717, 1.165) is 39.9 Å². The third-order valence-electron chi connectivity index (χ3n) is 4.58. The van der Waals surface area contributed by atoms with E-state index < -0.39 is 0 Å². The molecule has 1 aliphatic rings. The van der Waals surface area contributed by atoms with Gasteiger partial charge in [-0.05, 0) is 30.7 Å². The lowest BCUT2D eigenvalue weighted by atomic mass is 10.1. The van der Waals surface area contributed by atoms with Crippen molar-refractivity contribution in [3.63, 3.8) is 0 Å². The molecule has 1 aromatic carbocycles. The van der Waals surface area contributed by atoms with Crippen molar-refractivity contribution in [2.45, 2.75) is 19.9 Å². The normalized spacial score (nSPS) is 12.2. The highest BCUT2D eigenvalue weighted by atomic mass is 15.4. The first-order chi connectivity index (χ1) is 12.3. The molecule has 6 heteroatoms. The predicted molar refractivity (Wildman–Crippen MR) is 93.5 cm³/mol. The molecular weight excluding hydrogens is 312 g/mol. The lowest BCUT2D eigenvalue weighted by Gasteiger charge is -2.07. The fraction of sp³-hybridized carbons (Fsp3) is 0.158. The number of pyridine rings is 1. The van der Waals surface area contributed by atoms with Crippen LogP contribution in [0.1, 0.15) is 22.8 Å². The maximum Gasteiger partial charge on any atom is 0.160 e. The summed E-state index contributed by atoms with van der Waals surface area (Å²) in [7, 11) is 0. The van der Waals surface area contributed by atoms with E-state index in [9.17, 15) is 0 Å². The van der Waals surface area contributed by atoms with Crippen LogP contribution in [0.3, 0.4) is 0 Å². The Morgan fingerprint density at radius 3 is 2.92 bits per heavy atom. The third-order valence-corrected chi connectivity index (χ3v) is 4.58. The lowest BCUT2D eigenvalue weighted by molar-refractivity contribution is 0.664. The number of para-hydroxylation sites is 1. The van der Waals surface area contributed by atoms with Gasteiger partial charge in [-0.25, -0.2) is 14.6 Å². The van der Waals surface area contributed by atoms with Gasteiger partial charge < -0.3 is 4.57 Å². The van der Waals surface area contributed by atoms with Gasteiger partial charge in [0.15, 0.2) is 11.6 Å². The summed E-state index contributed by atoms with van der Waals surface area (Å²) in [5.41, 5.74) is 5.44. The summed E-state index contributed by atoms with van der Waals surface area (Å²) in [6, 6.07) is 12.3. The molecule has 0 fully saturated rings. The molecule has 0 saturated carbocycles. The van der Waals surface area contributed by atoms with E-state index in [1.807, 2.05) is 48.4 Å². The number of fused-ring (bicyclic) bond motifs is 5. The van der Waals surface area contributed by atoms with E-state index in [2.05, 4.69) is 26.7 Å².